The maximum atomic E-state index is 11.3. The number of carbonyl (C=O) groups excluding carboxylic acids is 1. The fourth-order valence-corrected chi connectivity index (χ4v) is 1.22. The van der Waals surface area contributed by atoms with Crippen LogP contribution in [0.15, 0.2) is 24.3 Å². The van der Waals surface area contributed by atoms with Gasteiger partial charge < -0.3 is 9.47 Å². The molecule has 0 fully saturated rings. The van der Waals surface area contributed by atoms with Gasteiger partial charge in [0.25, 0.3) is 0 Å². The van der Waals surface area contributed by atoms with Crippen LogP contribution in [0.1, 0.15) is 17.3 Å². The molecule has 1 rings (SSSR count). The Morgan fingerprint density at radius 3 is 2.64 bits per heavy atom. The Kier molecular flexibility index (Phi) is 3.95. The molecular weight excluding hydrogens is 248 g/mol. The SMILES string of the molecule is COC(=O)c1ccccc1OC(C)Br. The van der Waals surface area contributed by atoms with E-state index in [0.29, 0.717) is 11.3 Å². The van der Waals surface area contributed by atoms with Gasteiger partial charge in [0.2, 0.25) is 0 Å². The Morgan fingerprint density at radius 2 is 2.07 bits per heavy atom. The summed E-state index contributed by atoms with van der Waals surface area (Å²) in [6, 6.07) is 6.95. The third kappa shape index (κ3) is 2.73. The van der Waals surface area contributed by atoms with E-state index < -0.39 is 5.97 Å². The maximum Gasteiger partial charge on any atom is 0.341 e. The van der Waals surface area contributed by atoms with Gasteiger partial charge in [0.1, 0.15) is 11.3 Å². The molecule has 1 aromatic rings. The van der Waals surface area contributed by atoms with Gasteiger partial charge in [-0.3, -0.25) is 0 Å². The molecule has 76 valence electrons. The van der Waals surface area contributed by atoms with Crippen LogP contribution in [0.4, 0.5) is 0 Å². The van der Waals surface area contributed by atoms with E-state index in [1.54, 1.807) is 24.3 Å². The van der Waals surface area contributed by atoms with Crippen molar-refractivity contribution in [2.24, 2.45) is 0 Å². The van der Waals surface area contributed by atoms with Crippen molar-refractivity contribution in [3.05, 3.63) is 29.8 Å². The van der Waals surface area contributed by atoms with Gasteiger partial charge in [-0.1, -0.05) is 12.1 Å². The van der Waals surface area contributed by atoms with Gasteiger partial charge in [0, 0.05) is 0 Å². The number of hydrogen-bond donors (Lipinski definition) is 0. The highest BCUT2D eigenvalue weighted by Crippen LogP contribution is 2.21. The molecule has 0 aromatic heterocycles. The first-order valence-corrected chi connectivity index (χ1v) is 5.04. The lowest BCUT2D eigenvalue weighted by atomic mass is 10.2. The summed E-state index contributed by atoms with van der Waals surface area (Å²) in [5.41, 5.74) is 0.432. The zero-order chi connectivity index (χ0) is 10.6. The van der Waals surface area contributed by atoms with Crippen LogP contribution >= 0.6 is 15.9 Å². The summed E-state index contributed by atoms with van der Waals surface area (Å²) < 4.78 is 10.0. The molecule has 14 heavy (non-hydrogen) atoms. The molecule has 0 aliphatic carbocycles. The smallest absolute Gasteiger partial charge is 0.341 e. The first-order chi connectivity index (χ1) is 6.65. The van der Waals surface area contributed by atoms with E-state index in [1.807, 2.05) is 6.92 Å². The highest BCUT2D eigenvalue weighted by molar-refractivity contribution is 9.09. The molecule has 0 aliphatic heterocycles. The molecule has 0 saturated heterocycles. The number of para-hydroxylation sites is 1. The summed E-state index contributed by atoms with van der Waals surface area (Å²) >= 11 is 3.24. The lowest BCUT2D eigenvalue weighted by molar-refractivity contribution is 0.0596. The van der Waals surface area contributed by atoms with Crippen molar-refractivity contribution in [3.63, 3.8) is 0 Å². The average molecular weight is 259 g/mol. The summed E-state index contributed by atoms with van der Waals surface area (Å²) in [6.07, 6.45) is 0. The summed E-state index contributed by atoms with van der Waals surface area (Å²) in [5.74, 6) is 0.123. The standard InChI is InChI=1S/C10H11BrO3/c1-7(11)14-9-6-4-3-5-8(9)10(12)13-2/h3-7H,1-2H3. The molecule has 1 unspecified atom stereocenters. The first kappa shape index (κ1) is 11.0. The molecular formula is C10H11BrO3. The lowest BCUT2D eigenvalue weighted by Gasteiger charge is -2.11. The normalized spacial score (nSPS) is 11.9. The number of hydrogen-bond acceptors (Lipinski definition) is 3. The van der Waals surface area contributed by atoms with Crippen LogP contribution < -0.4 is 4.74 Å². The van der Waals surface area contributed by atoms with E-state index in [0.717, 1.165) is 0 Å². The number of methoxy groups -OCH3 is 1. The van der Waals surface area contributed by atoms with Crippen molar-refractivity contribution in [2.45, 2.75) is 11.9 Å². The largest absolute Gasteiger partial charge is 0.479 e. The maximum absolute atomic E-state index is 11.3. The first-order valence-electron chi connectivity index (χ1n) is 4.13. The zero-order valence-electron chi connectivity index (χ0n) is 7.99. The fraction of sp³-hybridized carbons (Fsp3) is 0.300. The van der Waals surface area contributed by atoms with Crippen molar-refractivity contribution in [1.29, 1.82) is 0 Å². The van der Waals surface area contributed by atoms with Crippen LogP contribution in [0.5, 0.6) is 5.75 Å². The topological polar surface area (TPSA) is 35.5 Å². The van der Waals surface area contributed by atoms with Crippen LogP contribution in [0.25, 0.3) is 0 Å². The van der Waals surface area contributed by atoms with Gasteiger partial charge in [0.05, 0.1) is 7.11 Å². The Bertz CT molecular complexity index is 323. The molecule has 0 heterocycles. The quantitative estimate of drug-likeness (QED) is 0.618. The van der Waals surface area contributed by atoms with Crippen LogP contribution in [0.2, 0.25) is 0 Å². The molecule has 1 atom stereocenters. The number of ether oxygens (including phenoxy) is 2. The number of benzene rings is 1. The number of rotatable bonds is 3. The minimum absolute atomic E-state index is 0.145. The number of halogens is 1. The van der Waals surface area contributed by atoms with Crippen molar-refractivity contribution in [1.82, 2.24) is 0 Å². The second kappa shape index (κ2) is 5.00. The van der Waals surface area contributed by atoms with Crippen molar-refractivity contribution in [3.8, 4) is 5.75 Å². The van der Waals surface area contributed by atoms with Gasteiger partial charge in [-0.05, 0) is 35.0 Å². The Hall–Kier alpha value is -1.03. The van der Waals surface area contributed by atoms with E-state index in [4.69, 9.17) is 4.74 Å². The molecule has 0 N–H and O–H groups in total. The van der Waals surface area contributed by atoms with Gasteiger partial charge in [-0.15, -0.1) is 0 Å². The van der Waals surface area contributed by atoms with Crippen LogP contribution in [-0.2, 0) is 4.74 Å². The van der Waals surface area contributed by atoms with Crippen LogP contribution in [-0.4, -0.2) is 18.1 Å². The fourth-order valence-electron chi connectivity index (χ4n) is 1.02. The number of esters is 1. The third-order valence-electron chi connectivity index (χ3n) is 1.58. The molecule has 0 aliphatic rings. The Morgan fingerprint density at radius 1 is 1.43 bits per heavy atom. The van der Waals surface area contributed by atoms with Crippen LogP contribution in [0, 0.1) is 0 Å². The Labute approximate surface area is 91.1 Å². The second-order valence-electron chi connectivity index (χ2n) is 2.65. The summed E-state index contributed by atoms with van der Waals surface area (Å²) in [5, 5.41) is -0.145. The monoisotopic (exact) mass is 258 g/mol. The van der Waals surface area contributed by atoms with Crippen LogP contribution in [0.3, 0.4) is 0 Å². The average Bonchev–Trinajstić information content (AvgIpc) is 2.16. The van der Waals surface area contributed by atoms with E-state index >= 15 is 0 Å². The van der Waals surface area contributed by atoms with E-state index in [-0.39, 0.29) is 5.01 Å². The summed E-state index contributed by atoms with van der Waals surface area (Å²) in [4.78, 5) is 11.3. The van der Waals surface area contributed by atoms with Gasteiger partial charge in [-0.2, -0.15) is 0 Å². The van der Waals surface area contributed by atoms with E-state index in [1.165, 1.54) is 7.11 Å². The predicted molar refractivity (Wildman–Crippen MR) is 56.8 cm³/mol. The summed E-state index contributed by atoms with van der Waals surface area (Å²) in [6.45, 7) is 1.83. The summed E-state index contributed by atoms with van der Waals surface area (Å²) in [7, 11) is 1.34. The molecule has 1 aromatic carbocycles. The molecule has 0 radical (unpaired) electrons. The molecule has 0 saturated carbocycles. The van der Waals surface area contributed by atoms with E-state index in [9.17, 15) is 4.79 Å². The van der Waals surface area contributed by atoms with Gasteiger partial charge >= 0.3 is 5.97 Å². The molecule has 0 spiro atoms. The molecule has 0 bridgehead atoms. The minimum atomic E-state index is -0.395. The highest BCUT2D eigenvalue weighted by atomic mass is 79.9. The van der Waals surface area contributed by atoms with Gasteiger partial charge in [-0.25, -0.2) is 4.79 Å². The third-order valence-corrected chi connectivity index (χ3v) is 1.77. The highest BCUT2D eigenvalue weighted by Gasteiger charge is 2.12. The van der Waals surface area contributed by atoms with Gasteiger partial charge in [0.15, 0.2) is 5.01 Å². The Balaban J connectivity index is 2.97. The lowest BCUT2D eigenvalue weighted by Crippen LogP contribution is -2.08. The molecule has 0 amide bonds. The predicted octanol–water partition coefficient (Wildman–Crippen LogP) is 2.59. The zero-order valence-corrected chi connectivity index (χ0v) is 9.58. The van der Waals surface area contributed by atoms with Crippen molar-refractivity contribution < 1.29 is 14.3 Å². The molecule has 3 nitrogen and oxygen atoms in total. The van der Waals surface area contributed by atoms with E-state index in [2.05, 4.69) is 20.7 Å². The minimum Gasteiger partial charge on any atom is -0.479 e. The second-order valence-corrected chi connectivity index (χ2v) is 3.94. The van der Waals surface area contributed by atoms with Crippen molar-refractivity contribution in [2.75, 3.05) is 7.11 Å². The molecule has 4 heteroatoms. The number of alkyl halides is 1. The van der Waals surface area contributed by atoms with Crippen molar-refractivity contribution >= 4 is 21.9 Å². The number of carbonyl (C=O) groups is 1.